The number of hydrogen-bond acceptors (Lipinski definition) is 2. The number of carbonyl (C=O) groups excluding carboxylic acids is 1. The van der Waals surface area contributed by atoms with E-state index in [-0.39, 0.29) is 11.9 Å². The molecule has 1 unspecified atom stereocenters. The third-order valence-corrected chi connectivity index (χ3v) is 2.00. The monoisotopic (exact) mass is 152 g/mol. The molecule has 0 saturated carbocycles. The van der Waals surface area contributed by atoms with Gasteiger partial charge in [0.15, 0.2) is 0 Å². The summed E-state index contributed by atoms with van der Waals surface area (Å²) in [6, 6.07) is -0.0525. The zero-order valence-electron chi connectivity index (χ0n) is 6.42. The molecule has 0 aromatic heterocycles. The topological polar surface area (TPSA) is 46.3 Å². The molecule has 1 aliphatic rings. The van der Waals surface area contributed by atoms with Gasteiger partial charge < -0.3 is 5.73 Å². The van der Waals surface area contributed by atoms with Gasteiger partial charge in [-0.1, -0.05) is 0 Å². The summed E-state index contributed by atoms with van der Waals surface area (Å²) in [4.78, 5) is 12.7. The molecule has 0 bridgehead atoms. The molecule has 3 nitrogen and oxygen atoms in total. The Morgan fingerprint density at radius 1 is 1.82 bits per heavy atom. The van der Waals surface area contributed by atoms with Crippen LogP contribution >= 0.6 is 0 Å². The van der Waals surface area contributed by atoms with Crippen molar-refractivity contribution in [2.45, 2.75) is 18.9 Å². The van der Waals surface area contributed by atoms with Gasteiger partial charge in [0.05, 0.1) is 6.04 Å². The Bertz CT molecular complexity index is 195. The Morgan fingerprint density at radius 2 is 2.55 bits per heavy atom. The van der Waals surface area contributed by atoms with Crippen LogP contribution in [0.15, 0.2) is 0 Å². The Balaban J connectivity index is 2.27. The minimum Gasteiger partial charge on any atom is -0.368 e. The Hall–Kier alpha value is -1.01. The predicted molar refractivity (Wildman–Crippen MR) is 42.6 cm³/mol. The van der Waals surface area contributed by atoms with Crippen molar-refractivity contribution in [1.29, 1.82) is 0 Å². The average molecular weight is 152 g/mol. The van der Waals surface area contributed by atoms with Crippen molar-refractivity contribution in [3.8, 4) is 12.3 Å². The highest BCUT2D eigenvalue weighted by Crippen LogP contribution is 2.16. The lowest BCUT2D eigenvalue weighted by Crippen LogP contribution is -2.54. The first-order valence-electron chi connectivity index (χ1n) is 3.72. The molecule has 1 fully saturated rings. The lowest BCUT2D eigenvalue weighted by atomic mass is 10.0. The zero-order valence-corrected chi connectivity index (χ0v) is 6.42. The summed E-state index contributed by atoms with van der Waals surface area (Å²) >= 11 is 0. The van der Waals surface area contributed by atoms with Gasteiger partial charge in [-0.2, -0.15) is 0 Å². The summed E-state index contributed by atoms with van der Waals surface area (Å²) in [5.41, 5.74) is 5.13. The highest BCUT2D eigenvalue weighted by Gasteiger charge is 2.31. The van der Waals surface area contributed by atoms with E-state index in [1.54, 1.807) is 0 Å². The minimum absolute atomic E-state index is 0.0525. The number of rotatable bonds is 3. The van der Waals surface area contributed by atoms with Crippen LogP contribution in [0.1, 0.15) is 12.8 Å². The van der Waals surface area contributed by atoms with Crippen LogP contribution in [-0.4, -0.2) is 29.9 Å². The fourth-order valence-electron chi connectivity index (χ4n) is 1.24. The molecule has 0 aliphatic carbocycles. The number of primary amides is 1. The number of nitrogens with two attached hydrogens (primary N) is 1. The molecule has 0 spiro atoms. The molecular formula is C8H12N2O. The average Bonchev–Trinajstić information content (AvgIpc) is 1.84. The summed E-state index contributed by atoms with van der Waals surface area (Å²) in [5.74, 6) is 2.30. The van der Waals surface area contributed by atoms with Crippen LogP contribution < -0.4 is 5.73 Å². The maximum Gasteiger partial charge on any atom is 0.234 e. The molecule has 0 aromatic rings. The quantitative estimate of drug-likeness (QED) is 0.558. The summed E-state index contributed by atoms with van der Waals surface area (Å²) < 4.78 is 0. The van der Waals surface area contributed by atoms with E-state index in [2.05, 4.69) is 5.92 Å². The second-order valence-electron chi connectivity index (χ2n) is 2.70. The molecule has 1 heterocycles. The summed E-state index contributed by atoms with van der Waals surface area (Å²) in [6.07, 6.45) is 6.67. The minimum atomic E-state index is -0.228. The van der Waals surface area contributed by atoms with Crippen molar-refractivity contribution in [3.05, 3.63) is 0 Å². The summed E-state index contributed by atoms with van der Waals surface area (Å²) in [5, 5.41) is 0. The number of hydrogen-bond donors (Lipinski definition) is 1. The van der Waals surface area contributed by atoms with Crippen molar-refractivity contribution in [3.63, 3.8) is 0 Å². The molecule has 1 rings (SSSR count). The summed E-state index contributed by atoms with van der Waals surface area (Å²) in [7, 11) is 0. The van der Waals surface area contributed by atoms with Crippen LogP contribution in [0.2, 0.25) is 0 Å². The SMILES string of the molecule is C#CCCN1CCC1C(N)=O. The normalized spacial score (nSPS) is 23.7. The van der Waals surface area contributed by atoms with Crippen molar-refractivity contribution >= 4 is 5.91 Å². The van der Waals surface area contributed by atoms with E-state index in [0.29, 0.717) is 6.42 Å². The predicted octanol–water partition coefficient (Wildman–Crippen LogP) is -0.431. The van der Waals surface area contributed by atoms with Crippen LogP contribution in [0.25, 0.3) is 0 Å². The van der Waals surface area contributed by atoms with Crippen molar-refractivity contribution in [2.24, 2.45) is 5.73 Å². The maximum absolute atomic E-state index is 10.7. The van der Waals surface area contributed by atoms with E-state index in [1.165, 1.54) is 0 Å². The molecule has 3 heteroatoms. The second kappa shape index (κ2) is 3.40. The molecule has 1 saturated heterocycles. The fraction of sp³-hybridized carbons (Fsp3) is 0.625. The van der Waals surface area contributed by atoms with Gasteiger partial charge >= 0.3 is 0 Å². The zero-order chi connectivity index (χ0) is 8.27. The van der Waals surface area contributed by atoms with Crippen molar-refractivity contribution in [1.82, 2.24) is 4.90 Å². The lowest BCUT2D eigenvalue weighted by Gasteiger charge is -2.38. The largest absolute Gasteiger partial charge is 0.368 e. The van der Waals surface area contributed by atoms with Gasteiger partial charge in [-0.3, -0.25) is 9.69 Å². The molecule has 1 atom stereocenters. The number of carbonyl (C=O) groups is 1. The molecule has 1 amide bonds. The Morgan fingerprint density at radius 3 is 2.91 bits per heavy atom. The molecule has 60 valence electrons. The molecule has 0 radical (unpaired) electrons. The number of amides is 1. The molecule has 11 heavy (non-hydrogen) atoms. The standard InChI is InChI=1S/C8H12N2O/c1-2-3-5-10-6-4-7(10)8(9)11/h1,7H,3-6H2,(H2,9,11). The third-order valence-electron chi connectivity index (χ3n) is 2.00. The third kappa shape index (κ3) is 1.72. The van der Waals surface area contributed by atoms with E-state index in [0.717, 1.165) is 19.5 Å². The van der Waals surface area contributed by atoms with E-state index in [1.807, 2.05) is 4.90 Å². The highest BCUT2D eigenvalue weighted by atomic mass is 16.1. The first-order valence-corrected chi connectivity index (χ1v) is 3.72. The highest BCUT2D eigenvalue weighted by molar-refractivity contribution is 5.80. The van der Waals surface area contributed by atoms with Crippen molar-refractivity contribution < 1.29 is 4.79 Å². The van der Waals surface area contributed by atoms with E-state index in [4.69, 9.17) is 12.2 Å². The Kier molecular flexibility index (Phi) is 2.50. The number of terminal acetylenes is 1. The Labute approximate surface area is 66.5 Å². The second-order valence-corrected chi connectivity index (χ2v) is 2.70. The first-order chi connectivity index (χ1) is 5.25. The molecule has 1 aliphatic heterocycles. The van der Waals surface area contributed by atoms with Gasteiger partial charge in [0.1, 0.15) is 0 Å². The van der Waals surface area contributed by atoms with E-state index < -0.39 is 0 Å². The van der Waals surface area contributed by atoms with Crippen molar-refractivity contribution in [2.75, 3.05) is 13.1 Å². The van der Waals surface area contributed by atoms with E-state index in [9.17, 15) is 4.79 Å². The van der Waals surface area contributed by atoms with Gasteiger partial charge in [0.25, 0.3) is 0 Å². The van der Waals surface area contributed by atoms with Crippen LogP contribution in [0.5, 0.6) is 0 Å². The number of likely N-dealkylation sites (tertiary alicyclic amines) is 1. The lowest BCUT2D eigenvalue weighted by molar-refractivity contribution is -0.127. The first kappa shape index (κ1) is 8.09. The van der Waals surface area contributed by atoms with Gasteiger partial charge in [0, 0.05) is 19.5 Å². The van der Waals surface area contributed by atoms with E-state index >= 15 is 0 Å². The van der Waals surface area contributed by atoms with Crippen LogP contribution in [-0.2, 0) is 4.79 Å². The maximum atomic E-state index is 10.7. The van der Waals surface area contributed by atoms with Gasteiger partial charge in [0.2, 0.25) is 5.91 Å². The van der Waals surface area contributed by atoms with Gasteiger partial charge in [-0.05, 0) is 6.42 Å². The fourth-order valence-corrected chi connectivity index (χ4v) is 1.24. The summed E-state index contributed by atoms with van der Waals surface area (Å²) in [6.45, 7) is 1.75. The molecule has 2 N–H and O–H groups in total. The van der Waals surface area contributed by atoms with Gasteiger partial charge in [-0.15, -0.1) is 12.3 Å². The molecule has 0 aromatic carbocycles. The van der Waals surface area contributed by atoms with Crippen LogP contribution in [0.3, 0.4) is 0 Å². The van der Waals surface area contributed by atoms with Gasteiger partial charge in [-0.25, -0.2) is 0 Å². The smallest absolute Gasteiger partial charge is 0.234 e. The van der Waals surface area contributed by atoms with Crippen LogP contribution in [0, 0.1) is 12.3 Å². The molecular weight excluding hydrogens is 140 g/mol. The van der Waals surface area contributed by atoms with Crippen LogP contribution in [0.4, 0.5) is 0 Å². The number of nitrogens with zero attached hydrogens (tertiary/aromatic N) is 1.